The van der Waals surface area contributed by atoms with E-state index in [1.807, 2.05) is 25.1 Å². The fourth-order valence-electron chi connectivity index (χ4n) is 2.39. The Balaban J connectivity index is 2.00. The fourth-order valence-corrected chi connectivity index (χ4v) is 2.64. The Hall–Kier alpha value is -1.89. The van der Waals surface area contributed by atoms with Crippen molar-refractivity contribution in [3.63, 3.8) is 0 Å². The van der Waals surface area contributed by atoms with Gasteiger partial charge in [-0.05, 0) is 30.7 Å². The largest absolute Gasteiger partial charge is 0.347 e. The zero-order valence-electron chi connectivity index (χ0n) is 13.4. The van der Waals surface area contributed by atoms with Crippen molar-refractivity contribution >= 4 is 39.3 Å². The molecule has 1 fully saturated rings. The van der Waals surface area contributed by atoms with Crippen LogP contribution in [0.25, 0.3) is 0 Å². The minimum absolute atomic E-state index is 0.0477. The number of hydrogen-bond acceptors (Lipinski definition) is 3. The Kier molecular flexibility index (Phi) is 5.41. The molecule has 0 radical (unpaired) electrons. The lowest BCUT2D eigenvalue weighted by Gasteiger charge is -2.18. The number of rotatable bonds is 4. The number of carbonyl (C=O) groups excluding carboxylic acids is 3. The number of amides is 3. The quantitative estimate of drug-likeness (QED) is 0.854. The third-order valence-electron chi connectivity index (χ3n) is 3.86. The van der Waals surface area contributed by atoms with E-state index in [0.717, 1.165) is 15.7 Å². The first-order valence-electron chi connectivity index (χ1n) is 7.34. The summed E-state index contributed by atoms with van der Waals surface area (Å²) in [5.41, 5.74) is 1.81. The number of nitrogens with zero attached hydrogens (tertiary/aromatic N) is 2. The van der Waals surface area contributed by atoms with Gasteiger partial charge in [-0.15, -0.1) is 0 Å². The van der Waals surface area contributed by atoms with Crippen molar-refractivity contribution in [3.8, 4) is 0 Å². The molecule has 0 aromatic heterocycles. The first kappa shape index (κ1) is 17.5. The summed E-state index contributed by atoms with van der Waals surface area (Å²) < 4.78 is 0.976. The molecule has 1 atom stereocenters. The second-order valence-corrected chi connectivity index (χ2v) is 6.70. The fraction of sp³-hybridized carbons (Fsp3) is 0.438. The zero-order valence-corrected chi connectivity index (χ0v) is 15.0. The van der Waals surface area contributed by atoms with Crippen LogP contribution in [-0.2, 0) is 14.4 Å². The van der Waals surface area contributed by atoms with E-state index < -0.39 is 5.92 Å². The van der Waals surface area contributed by atoms with Gasteiger partial charge >= 0.3 is 0 Å². The average molecular weight is 382 g/mol. The highest BCUT2D eigenvalue weighted by atomic mass is 79.9. The average Bonchev–Trinajstić information content (AvgIpc) is 2.89. The number of halogens is 1. The lowest BCUT2D eigenvalue weighted by molar-refractivity contribution is -0.132. The second kappa shape index (κ2) is 7.12. The molecule has 1 aromatic carbocycles. The van der Waals surface area contributed by atoms with Gasteiger partial charge in [0.15, 0.2) is 0 Å². The molecule has 1 aromatic rings. The van der Waals surface area contributed by atoms with Gasteiger partial charge < -0.3 is 15.1 Å². The number of anilines is 1. The standard InChI is InChI=1S/C16H20BrN3O3/c1-10-6-12(4-5-13(10)17)20-9-11(7-14(20)21)16(23)18-8-15(22)19(2)3/h4-6,11H,7-9H2,1-3H3,(H,18,23). The molecule has 0 aliphatic carbocycles. The molecule has 23 heavy (non-hydrogen) atoms. The van der Waals surface area contributed by atoms with Crippen molar-refractivity contribution in [3.05, 3.63) is 28.2 Å². The molecule has 1 heterocycles. The van der Waals surface area contributed by atoms with Crippen LogP contribution in [0.1, 0.15) is 12.0 Å². The van der Waals surface area contributed by atoms with Crippen molar-refractivity contribution in [2.75, 3.05) is 32.1 Å². The molecule has 1 aliphatic rings. The van der Waals surface area contributed by atoms with Crippen LogP contribution in [0.2, 0.25) is 0 Å². The van der Waals surface area contributed by atoms with E-state index in [-0.39, 0.29) is 30.7 Å². The highest BCUT2D eigenvalue weighted by Gasteiger charge is 2.35. The Bertz CT molecular complexity index is 645. The van der Waals surface area contributed by atoms with Crippen LogP contribution in [0, 0.1) is 12.8 Å². The van der Waals surface area contributed by atoms with Gasteiger partial charge in [-0.3, -0.25) is 14.4 Å². The summed E-state index contributed by atoms with van der Waals surface area (Å²) >= 11 is 3.43. The van der Waals surface area contributed by atoms with Gasteiger partial charge in [-0.1, -0.05) is 15.9 Å². The van der Waals surface area contributed by atoms with Gasteiger partial charge in [0.25, 0.3) is 0 Å². The number of carbonyl (C=O) groups is 3. The maximum atomic E-state index is 12.2. The summed E-state index contributed by atoms with van der Waals surface area (Å²) in [7, 11) is 3.26. The molecule has 0 bridgehead atoms. The third-order valence-corrected chi connectivity index (χ3v) is 4.75. The number of hydrogen-bond donors (Lipinski definition) is 1. The van der Waals surface area contributed by atoms with Crippen molar-refractivity contribution in [2.45, 2.75) is 13.3 Å². The first-order chi connectivity index (χ1) is 10.8. The predicted molar refractivity (Wildman–Crippen MR) is 91.0 cm³/mol. The molecule has 0 spiro atoms. The van der Waals surface area contributed by atoms with E-state index in [1.54, 1.807) is 19.0 Å². The highest BCUT2D eigenvalue weighted by Crippen LogP contribution is 2.28. The molecule has 7 heteroatoms. The topological polar surface area (TPSA) is 69.7 Å². The van der Waals surface area contributed by atoms with E-state index in [1.165, 1.54) is 4.90 Å². The molecule has 6 nitrogen and oxygen atoms in total. The molecule has 1 aliphatic heterocycles. The van der Waals surface area contributed by atoms with Crippen LogP contribution in [-0.4, -0.2) is 49.8 Å². The normalized spacial score (nSPS) is 17.3. The Morgan fingerprint density at radius 1 is 1.39 bits per heavy atom. The number of likely N-dealkylation sites (N-methyl/N-ethyl adjacent to an activating group) is 1. The van der Waals surface area contributed by atoms with Crippen LogP contribution in [0.4, 0.5) is 5.69 Å². The Labute approximate surface area is 143 Å². The van der Waals surface area contributed by atoms with Crippen molar-refractivity contribution in [1.82, 2.24) is 10.2 Å². The minimum atomic E-state index is -0.429. The van der Waals surface area contributed by atoms with Gasteiger partial charge in [-0.2, -0.15) is 0 Å². The molecule has 1 unspecified atom stereocenters. The summed E-state index contributed by atoms with van der Waals surface area (Å²) in [6, 6.07) is 5.66. The summed E-state index contributed by atoms with van der Waals surface area (Å²) in [6.45, 7) is 2.24. The lowest BCUT2D eigenvalue weighted by atomic mass is 10.1. The van der Waals surface area contributed by atoms with Crippen LogP contribution >= 0.6 is 15.9 Å². The molecular formula is C16H20BrN3O3. The van der Waals surface area contributed by atoms with Crippen LogP contribution in [0.5, 0.6) is 0 Å². The van der Waals surface area contributed by atoms with E-state index in [9.17, 15) is 14.4 Å². The smallest absolute Gasteiger partial charge is 0.241 e. The van der Waals surface area contributed by atoms with Crippen LogP contribution in [0.15, 0.2) is 22.7 Å². The monoisotopic (exact) mass is 381 g/mol. The van der Waals surface area contributed by atoms with E-state index in [2.05, 4.69) is 21.2 Å². The Morgan fingerprint density at radius 2 is 2.09 bits per heavy atom. The molecule has 1 N–H and O–H groups in total. The number of nitrogens with one attached hydrogen (secondary N) is 1. The van der Waals surface area contributed by atoms with Gasteiger partial charge in [0.2, 0.25) is 17.7 Å². The highest BCUT2D eigenvalue weighted by molar-refractivity contribution is 9.10. The molecule has 2 rings (SSSR count). The molecule has 0 saturated carbocycles. The molecule has 1 saturated heterocycles. The number of aryl methyl sites for hydroxylation is 1. The predicted octanol–water partition coefficient (Wildman–Crippen LogP) is 1.31. The zero-order chi connectivity index (χ0) is 17.1. The van der Waals surface area contributed by atoms with Gasteiger partial charge in [0.1, 0.15) is 0 Å². The first-order valence-corrected chi connectivity index (χ1v) is 8.13. The summed E-state index contributed by atoms with van der Waals surface area (Å²) in [6.07, 6.45) is 0.164. The van der Waals surface area contributed by atoms with Crippen molar-refractivity contribution in [2.24, 2.45) is 5.92 Å². The summed E-state index contributed by atoms with van der Waals surface area (Å²) in [4.78, 5) is 38.9. The van der Waals surface area contributed by atoms with Crippen LogP contribution in [0.3, 0.4) is 0 Å². The summed E-state index contributed by atoms with van der Waals surface area (Å²) in [5, 5.41) is 2.60. The van der Waals surface area contributed by atoms with Crippen molar-refractivity contribution < 1.29 is 14.4 Å². The number of benzene rings is 1. The van der Waals surface area contributed by atoms with E-state index in [0.29, 0.717) is 6.54 Å². The second-order valence-electron chi connectivity index (χ2n) is 5.84. The van der Waals surface area contributed by atoms with E-state index >= 15 is 0 Å². The molecule has 124 valence electrons. The maximum Gasteiger partial charge on any atom is 0.241 e. The summed E-state index contributed by atoms with van der Waals surface area (Å²) in [5.74, 6) is -0.944. The van der Waals surface area contributed by atoms with Gasteiger partial charge in [0.05, 0.1) is 12.5 Å². The minimum Gasteiger partial charge on any atom is -0.347 e. The lowest BCUT2D eigenvalue weighted by Crippen LogP contribution is -2.39. The Morgan fingerprint density at radius 3 is 2.70 bits per heavy atom. The maximum absolute atomic E-state index is 12.2. The van der Waals surface area contributed by atoms with Crippen LogP contribution < -0.4 is 10.2 Å². The molecular weight excluding hydrogens is 362 g/mol. The SMILES string of the molecule is Cc1cc(N2CC(C(=O)NCC(=O)N(C)C)CC2=O)ccc1Br. The van der Waals surface area contributed by atoms with Crippen molar-refractivity contribution in [1.29, 1.82) is 0 Å². The van der Waals surface area contributed by atoms with Gasteiger partial charge in [-0.25, -0.2) is 0 Å². The van der Waals surface area contributed by atoms with Gasteiger partial charge in [0, 0.05) is 37.2 Å². The molecule has 3 amide bonds. The van der Waals surface area contributed by atoms with E-state index in [4.69, 9.17) is 0 Å². The third kappa shape index (κ3) is 4.10.